The van der Waals surface area contributed by atoms with Crippen molar-refractivity contribution in [1.82, 2.24) is 4.57 Å². The molecule has 0 amide bonds. The molecule has 3 aliphatic carbocycles. The molecule has 1 atom stereocenters. The minimum Gasteiger partial charge on any atom is -0.334 e. The summed E-state index contributed by atoms with van der Waals surface area (Å²) in [6, 6.07) is 60.5. The standard InChI is InChI=1S/C58H46N2/c1-3-13-41(14-4-1)43-23-32-48(33-24-43)59(49-34-25-44(26-35-49)42-15-5-2-6-16-42)50-36-27-46(28-37-50)52-18-9-10-19-53(52)47-29-38-51(39-30-47)60-57-22-12-11-21-55(57)56-40-31-45-17-7-8-20-54(45)58(56)60/h1-5,7-8,11-15,17-36,38-40,50H,6,9-10,16,37H2. The summed E-state index contributed by atoms with van der Waals surface area (Å²) >= 11 is 0. The number of benzene rings is 7. The van der Waals surface area contributed by atoms with Crippen LogP contribution in [0.2, 0.25) is 0 Å². The molecule has 1 aromatic heterocycles. The molecule has 1 unspecified atom stereocenters. The van der Waals surface area contributed by atoms with Crippen LogP contribution in [0, 0.1) is 0 Å². The summed E-state index contributed by atoms with van der Waals surface area (Å²) in [5.74, 6) is 0. The zero-order valence-corrected chi connectivity index (χ0v) is 33.7. The highest BCUT2D eigenvalue weighted by molar-refractivity contribution is 6.18. The first-order valence-electron chi connectivity index (χ1n) is 21.5. The van der Waals surface area contributed by atoms with Crippen molar-refractivity contribution in [3.63, 3.8) is 0 Å². The summed E-state index contributed by atoms with van der Waals surface area (Å²) in [6.07, 6.45) is 24.1. The fourth-order valence-corrected chi connectivity index (χ4v) is 9.67. The zero-order valence-electron chi connectivity index (χ0n) is 33.7. The molecule has 2 nitrogen and oxygen atoms in total. The Morgan fingerprint density at radius 2 is 1.17 bits per heavy atom. The molecule has 1 heterocycles. The molecule has 288 valence electrons. The average Bonchev–Trinajstić information content (AvgIpc) is 3.68. The monoisotopic (exact) mass is 770 g/mol. The van der Waals surface area contributed by atoms with Gasteiger partial charge in [-0.25, -0.2) is 0 Å². The maximum absolute atomic E-state index is 2.51. The molecular formula is C58H46N2. The Labute approximate surface area is 352 Å². The second kappa shape index (κ2) is 15.5. The molecule has 8 aromatic rings. The van der Waals surface area contributed by atoms with Crippen LogP contribution in [0.1, 0.15) is 43.2 Å². The quantitative estimate of drug-likeness (QED) is 0.149. The van der Waals surface area contributed by atoms with Gasteiger partial charge in [0.15, 0.2) is 0 Å². The number of allylic oxidation sites excluding steroid dienone is 10. The lowest BCUT2D eigenvalue weighted by molar-refractivity contribution is 0.780. The summed E-state index contributed by atoms with van der Waals surface area (Å²) in [4.78, 5) is 2.51. The second-order valence-electron chi connectivity index (χ2n) is 16.2. The first-order chi connectivity index (χ1) is 29.8. The Balaban J connectivity index is 0.894. The van der Waals surface area contributed by atoms with Crippen molar-refractivity contribution >= 4 is 55.1 Å². The number of rotatable bonds is 8. The van der Waals surface area contributed by atoms with Gasteiger partial charge in [0.05, 0.1) is 17.1 Å². The third-order valence-electron chi connectivity index (χ3n) is 12.7. The topological polar surface area (TPSA) is 8.17 Å². The predicted molar refractivity (Wildman–Crippen MR) is 256 cm³/mol. The van der Waals surface area contributed by atoms with Crippen molar-refractivity contribution in [3.05, 3.63) is 235 Å². The molecule has 3 aliphatic rings. The second-order valence-corrected chi connectivity index (χ2v) is 16.2. The third-order valence-corrected chi connectivity index (χ3v) is 12.7. The lowest BCUT2D eigenvalue weighted by Gasteiger charge is -2.34. The van der Waals surface area contributed by atoms with Gasteiger partial charge in [0.2, 0.25) is 0 Å². The van der Waals surface area contributed by atoms with Crippen LogP contribution in [-0.2, 0) is 0 Å². The number of aromatic nitrogens is 1. The summed E-state index contributed by atoms with van der Waals surface area (Å²) in [5, 5.41) is 5.11. The highest BCUT2D eigenvalue weighted by Gasteiger charge is 2.24. The van der Waals surface area contributed by atoms with Gasteiger partial charge >= 0.3 is 0 Å². The molecule has 0 bridgehead atoms. The largest absolute Gasteiger partial charge is 0.334 e. The highest BCUT2D eigenvalue weighted by atomic mass is 15.2. The molecule has 60 heavy (non-hydrogen) atoms. The summed E-state index contributed by atoms with van der Waals surface area (Å²) < 4.78 is 2.45. The molecular weight excluding hydrogens is 725 g/mol. The Morgan fingerprint density at radius 1 is 0.500 bits per heavy atom. The van der Waals surface area contributed by atoms with Gasteiger partial charge in [0, 0.05) is 33.2 Å². The third kappa shape index (κ3) is 6.55. The number of para-hydroxylation sites is 1. The molecule has 0 fully saturated rings. The molecule has 7 aromatic carbocycles. The van der Waals surface area contributed by atoms with E-state index in [2.05, 4.69) is 222 Å². The van der Waals surface area contributed by atoms with Crippen molar-refractivity contribution in [1.29, 1.82) is 0 Å². The molecule has 0 spiro atoms. The smallest absolute Gasteiger partial charge is 0.0619 e. The van der Waals surface area contributed by atoms with Crippen LogP contribution in [0.25, 0.3) is 60.5 Å². The lowest BCUT2D eigenvalue weighted by atomic mass is 9.84. The van der Waals surface area contributed by atoms with Crippen LogP contribution >= 0.6 is 0 Å². The molecule has 0 aliphatic heterocycles. The number of nitrogens with zero attached hydrogens (tertiary/aromatic N) is 2. The van der Waals surface area contributed by atoms with E-state index >= 15 is 0 Å². The van der Waals surface area contributed by atoms with E-state index in [0.29, 0.717) is 0 Å². The van der Waals surface area contributed by atoms with Gasteiger partial charge < -0.3 is 9.47 Å². The summed E-state index contributed by atoms with van der Waals surface area (Å²) in [6.45, 7) is 0. The number of fused-ring (bicyclic) bond motifs is 5. The van der Waals surface area contributed by atoms with Crippen LogP contribution in [0.5, 0.6) is 0 Å². The Kier molecular flexibility index (Phi) is 9.32. The van der Waals surface area contributed by atoms with E-state index in [1.54, 1.807) is 0 Å². The normalized spacial score (nSPS) is 16.4. The lowest BCUT2D eigenvalue weighted by Crippen LogP contribution is -2.30. The predicted octanol–water partition coefficient (Wildman–Crippen LogP) is 15.5. The SMILES string of the molecule is C1=CCCC(c2ccc(N(c3ccc(-c4ccccc4)cc3)C3C=CC(C4=CCCC=C4c4ccc(-n5c6ccccc6c6ccc7ccccc7c65)cc4)=CC3)cc2)=C1. The van der Waals surface area contributed by atoms with Crippen molar-refractivity contribution in [2.45, 2.75) is 38.1 Å². The van der Waals surface area contributed by atoms with E-state index in [4.69, 9.17) is 0 Å². The van der Waals surface area contributed by atoms with Gasteiger partial charge in [-0.15, -0.1) is 0 Å². The van der Waals surface area contributed by atoms with Crippen molar-refractivity contribution in [3.8, 4) is 16.8 Å². The summed E-state index contributed by atoms with van der Waals surface area (Å²) in [5.41, 5.74) is 16.5. The van der Waals surface area contributed by atoms with Gasteiger partial charge in [-0.05, 0) is 125 Å². The number of hydrogen-bond acceptors (Lipinski definition) is 1. The van der Waals surface area contributed by atoms with E-state index in [-0.39, 0.29) is 6.04 Å². The molecule has 2 heteroatoms. The van der Waals surface area contributed by atoms with Crippen LogP contribution in [0.4, 0.5) is 11.4 Å². The Morgan fingerprint density at radius 3 is 1.90 bits per heavy atom. The average molecular weight is 771 g/mol. The number of anilines is 2. The van der Waals surface area contributed by atoms with E-state index < -0.39 is 0 Å². The van der Waals surface area contributed by atoms with Crippen LogP contribution in [-0.4, -0.2) is 10.6 Å². The fraction of sp³-hybridized carbons (Fsp3) is 0.103. The van der Waals surface area contributed by atoms with Crippen molar-refractivity contribution in [2.24, 2.45) is 0 Å². The van der Waals surface area contributed by atoms with Gasteiger partial charge in [-0.1, -0.05) is 170 Å². The maximum atomic E-state index is 2.51. The first-order valence-corrected chi connectivity index (χ1v) is 21.5. The minimum absolute atomic E-state index is 0.178. The Bertz CT molecular complexity index is 3070. The molecule has 0 saturated heterocycles. The molecule has 11 rings (SSSR count). The van der Waals surface area contributed by atoms with E-state index in [1.807, 2.05) is 0 Å². The summed E-state index contributed by atoms with van der Waals surface area (Å²) in [7, 11) is 0. The van der Waals surface area contributed by atoms with Crippen molar-refractivity contribution < 1.29 is 0 Å². The minimum atomic E-state index is 0.178. The van der Waals surface area contributed by atoms with E-state index in [1.165, 1.54) is 94.2 Å². The van der Waals surface area contributed by atoms with Crippen LogP contribution in [0.15, 0.2) is 224 Å². The van der Waals surface area contributed by atoms with E-state index in [0.717, 1.165) is 32.1 Å². The number of hydrogen-bond donors (Lipinski definition) is 0. The Hall–Kier alpha value is -7.16. The van der Waals surface area contributed by atoms with Crippen LogP contribution in [0.3, 0.4) is 0 Å². The molecule has 0 radical (unpaired) electrons. The highest BCUT2D eigenvalue weighted by Crippen LogP contribution is 2.41. The zero-order chi connectivity index (χ0) is 39.8. The van der Waals surface area contributed by atoms with E-state index in [9.17, 15) is 0 Å². The molecule has 0 N–H and O–H groups in total. The van der Waals surface area contributed by atoms with Gasteiger partial charge in [0.25, 0.3) is 0 Å². The molecule has 0 saturated carbocycles. The first kappa shape index (κ1) is 36.0. The van der Waals surface area contributed by atoms with Crippen molar-refractivity contribution in [2.75, 3.05) is 4.90 Å². The van der Waals surface area contributed by atoms with Gasteiger partial charge in [-0.3, -0.25) is 0 Å². The maximum Gasteiger partial charge on any atom is 0.0619 e. The fourth-order valence-electron chi connectivity index (χ4n) is 9.67. The van der Waals surface area contributed by atoms with Gasteiger partial charge in [-0.2, -0.15) is 0 Å². The van der Waals surface area contributed by atoms with Crippen LogP contribution < -0.4 is 4.90 Å². The van der Waals surface area contributed by atoms with Gasteiger partial charge in [0.1, 0.15) is 0 Å².